The third-order valence-electron chi connectivity index (χ3n) is 0.987. The summed E-state index contributed by atoms with van der Waals surface area (Å²) in [5.41, 5.74) is 0. The van der Waals surface area contributed by atoms with Gasteiger partial charge in [-0.15, -0.1) is 0 Å². The molecule has 1 heterocycles. The second-order valence-corrected chi connectivity index (χ2v) is 2.46. The summed E-state index contributed by atoms with van der Waals surface area (Å²) in [5, 5.41) is 8.45. The van der Waals surface area contributed by atoms with Crippen LogP contribution in [0, 0.1) is 0 Å². The molecule has 0 spiro atoms. The monoisotopic (exact) mass is 190 g/mol. The SMILES string of the molecule is OCCc1ccc(Br)o1. The first-order valence-electron chi connectivity index (χ1n) is 2.68. The largest absolute Gasteiger partial charge is 0.454 e. The quantitative estimate of drug-likeness (QED) is 0.769. The highest BCUT2D eigenvalue weighted by Gasteiger charge is 1.95. The number of aliphatic hydroxyl groups is 1. The van der Waals surface area contributed by atoms with Gasteiger partial charge < -0.3 is 9.52 Å². The Labute approximate surface area is 61.6 Å². The van der Waals surface area contributed by atoms with Crippen molar-refractivity contribution in [3.8, 4) is 0 Å². The van der Waals surface area contributed by atoms with E-state index in [1.54, 1.807) is 0 Å². The predicted molar refractivity (Wildman–Crippen MR) is 37.2 cm³/mol. The first-order chi connectivity index (χ1) is 4.33. The van der Waals surface area contributed by atoms with Gasteiger partial charge in [0.1, 0.15) is 5.76 Å². The highest BCUT2D eigenvalue weighted by molar-refractivity contribution is 9.10. The maximum atomic E-state index is 8.45. The van der Waals surface area contributed by atoms with Crippen LogP contribution in [0.2, 0.25) is 0 Å². The lowest BCUT2D eigenvalue weighted by atomic mass is 10.3. The molecule has 50 valence electrons. The van der Waals surface area contributed by atoms with Crippen LogP contribution in [0.25, 0.3) is 0 Å². The van der Waals surface area contributed by atoms with Crippen molar-refractivity contribution in [3.05, 3.63) is 22.6 Å². The summed E-state index contributed by atoms with van der Waals surface area (Å²) in [6.07, 6.45) is 0.589. The zero-order valence-corrected chi connectivity index (χ0v) is 6.39. The first-order valence-corrected chi connectivity index (χ1v) is 3.47. The fourth-order valence-corrected chi connectivity index (χ4v) is 0.936. The van der Waals surface area contributed by atoms with Gasteiger partial charge in [-0.25, -0.2) is 0 Å². The topological polar surface area (TPSA) is 33.4 Å². The fraction of sp³-hybridized carbons (Fsp3) is 0.333. The Morgan fingerprint density at radius 3 is 2.78 bits per heavy atom. The number of furan rings is 1. The van der Waals surface area contributed by atoms with Gasteiger partial charge in [0.05, 0.1) is 6.61 Å². The summed E-state index contributed by atoms with van der Waals surface area (Å²) in [6, 6.07) is 3.64. The second kappa shape index (κ2) is 3.03. The van der Waals surface area contributed by atoms with Crippen LogP contribution in [0.15, 0.2) is 21.2 Å². The molecule has 0 radical (unpaired) electrons. The van der Waals surface area contributed by atoms with Crippen LogP contribution >= 0.6 is 15.9 Å². The van der Waals surface area contributed by atoms with Crippen molar-refractivity contribution in [2.45, 2.75) is 6.42 Å². The van der Waals surface area contributed by atoms with Gasteiger partial charge in [0.2, 0.25) is 0 Å². The van der Waals surface area contributed by atoms with Gasteiger partial charge in [-0.05, 0) is 28.1 Å². The maximum absolute atomic E-state index is 8.45. The molecule has 0 atom stereocenters. The number of hydrogen-bond acceptors (Lipinski definition) is 2. The van der Waals surface area contributed by atoms with Crippen LogP contribution in [-0.4, -0.2) is 11.7 Å². The molecular weight excluding hydrogens is 184 g/mol. The van der Waals surface area contributed by atoms with Crippen molar-refractivity contribution < 1.29 is 9.52 Å². The van der Waals surface area contributed by atoms with E-state index in [2.05, 4.69) is 15.9 Å². The lowest BCUT2D eigenvalue weighted by Gasteiger charge is -1.86. The van der Waals surface area contributed by atoms with Crippen LogP contribution in [0.1, 0.15) is 5.76 Å². The summed E-state index contributed by atoms with van der Waals surface area (Å²) in [7, 11) is 0. The van der Waals surface area contributed by atoms with Crippen molar-refractivity contribution >= 4 is 15.9 Å². The molecule has 0 fully saturated rings. The van der Waals surface area contributed by atoms with Crippen LogP contribution in [-0.2, 0) is 6.42 Å². The van der Waals surface area contributed by atoms with E-state index in [0.717, 1.165) is 5.76 Å². The summed E-state index contributed by atoms with van der Waals surface area (Å²) < 4.78 is 5.79. The molecule has 0 unspecified atom stereocenters. The van der Waals surface area contributed by atoms with E-state index >= 15 is 0 Å². The average molecular weight is 191 g/mol. The Kier molecular flexibility index (Phi) is 2.30. The normalized spacial score (nSPS) is 10.0. The molecule has 2 nitrogen and oxygen atoms in total. The van der Waals surface area contributed by atoms with Gasteiger partial charge in [-0.3, -0.25) is 0 Å². The van der Waals surface area contributed by atoms with Crippen LogP contribution in [0.5, 0.6) is 0 Å². The minimum Gasteiger partial charge on any atom is -0.454 e. The Morgan fingerprint density at radius 2 is 2.33 bits per heavy atom. The molecule has 3 heteroatoms. The molecule has 0 saturated carbocycles. The van der Waals surface area contributed by atoms with Gasteiger partial charge in [-0.2, -0.15) is 0 Å². The van der Waals surface area contributed by atoms with E-state index in [1.807, 2.05) is 12.1 Å². The molecule has 1 N–H and O–H groups in total. The fourth-order valence-electron chi connectivity index (χ4n) is 0.596. The number of hydrogen-bond donors (Lipinski definition) is 1. The summed E-state index contributed by atoms with van der Waals surface area (Å²) >= 11 is 3.15. The first kappa shape index (κ1) is 6.83. The Balaban J connectivity index is 2.61. The van der Waals surface area contributed by atoms with Gasteiger partial charge >= 0.3 is 0 Å². The zero-order valence-electron chi connectivity index (χ0n) is 4.80. The lowest BCUT2D eigenvalue weighted by Crippen LogP contribution is -1.85. The molecule has 0 aliphatic rings. The third kappa shape index (κ3) is 1.84. The second-order valence-electron chi connectivity index (χ2n) is 1.68. The van der Waals surface area contributed by atoms with Crippen LogP contribution < -0.4 is 0 Å². The van der Waals surface area contributed by atoms with Crippen molar-refractivity contribution in [1.82, 2.24) is 0 Å². The molecule has 9 heavy (non-hydrogen) atoms. The van der Waals surface area contributed by atoms with Crippen molar-refractivity contribution in [2.24, 2.45) is 0 Å². The molecule has 0 bridgehead atoms. The average Bonchev–Trinajstić information content (AvgIpc) is 2.17. The highest BCUT2D eigenvalue weighted by Crippen LogP contribution is 2.13. The standard InChI is InChI=1S/C6H7BrO2/c7-6-2-1-5(9-6)3-4-8/h1-2,8H,3-4H2. The van der Waals surface area contributed by atoms with E-state index in [0.29, 0.717) is 11.1 Å². The van der Waals surface area contributed by atoms with E-state index < -0.39 is 0 Å². The summed E-state index contributed by atoms with van der Waals surface area (Å²) in [4.78, 5) is 0. The third-order valence-corrected chi connectivity index (χ3v) is 1.41. The van der Waals surface area contributed by atoms with Gasteiger partial charge in [-0.1, -0.05) is 0 Å². The minimum absolute atomic E-state index is 0.139. The van der Waals surface area contributed by atoms with Gasteiger partial charge in [0.25, 0.3) is 0 Å². The van der Waals surface area contributed by atoms with E-state index in [-0.39, 0.29) is 6.61 Å². The van der Waals surface area contributed by atoms with Crippen molar-refractivity contribution in [3.63, 3.8) is 0 Å². The zero-order chi connectivity index (χ0) is 6.69. The van der Waals surface area contributed by atoms with E-state index in [1.165, 1.54) is 0 Å². The van der Waals surface area contributed by atoms with E-state index in [9.17, 15) is 0 Å². The number of aliphatic hydroxyl groups excluding tert-OH is 1. The Hall–Kier alpha value is -0.280. The minimum atomic E-state index is 0.139. The highest BCUT2D eigenvalue weighted by atomic mass is 79.9. The maximum Gasteiger partial charge on any atom is 0.169 e. The van der Waals surface area contributed by atoms with Gasteiger partial charge in [0, 0.05) is 6.42 Å². The Morgan fingerprint density at radius 1 is 1.56 bits per heavy atom. The molecule has 0 saturated heterocycles. The van der Waals surface area contributed by atoms with E-state index in [4.69, 9.17) is 9.52 Å². The lowest BCUT2D eigenvalue weighted by molar-refractivity contribution is 0.287. The summed E-state index contributed by atoms with van der Waals surface area (Å²) in [5.74, 6) is 0.810. The predicted octanol–water partition coefficient (Wildman–Crippen LogP) is 1.58. The van der Waals surface area contributed by atoms with Crippen LogP contribution in [0.3, 0.4) is 0 Å². The summed E-state index contributed by atoms with van der Waals surface area (Å²) in [6.45, 7) is 0.139. The van der Waals surface area contributed by atoms with Crippen molar-refractivity contribution in [1.29, 1.82) is 0 Å². The molecule has 0 aliphatic heterocycles. The number of halogens is 1. The molecular formula is C6H7BrO2. The number of rotatable bonds is 2. The molecule has 0 aromatic carbocycles. The molecule has 0 aliphatic carbocycles. The molecule has 1 aromatic rings. The molecule has 0 amide bonds. The Bertz CT molecular complexity index is 183. The molecule has 1 rings (SSSR count). The molecule has 1 aromatic heterocycles. The van der Waals surface area contributed by atoms with Crippen LogP contribution in [0.4, 0.5) is 0 Å². The van der Waals surface area contributed by atoms with Crippen molar-refractivity contribution in [2.75, 3.05) is 6.61 Å². The van der Waals surface area contributed by atoms with Gasteiger partial charge in [0.15, 0.2) is 4.67 Å². The smallest absolute Gasteiger partial charge is 0.169 e.